The molecule has 2 N–H and O–H groups in total. The number of hydrogen-bond acceptors (Lipinski definition) is 7. The van der Waals surface area contributed by atoms with Crippen LogP contribution < -0.4 is 10.1 Å². The summed E-state index contributed by atoms with van der Waals surface area (Å²) in [6.07, 6.45) is 5.21. The van der Waals surface area contributed by atoms with Crippen LogP contribution in [0.4, 0.5) is 4.79 Å². The van der Waals surface area contributed by atoms with Crippen molar-refractivity contribution in [1.29, 1.82) is 0 Å². The van der Waals surface area contributed by atoms with E-state index in [0.29, 0.717) is 18.3 Å². The van der Waals surface area contributed by atoms with Gasteiger partial charge >= 0.3 is 12.1 Å². The first kappa shape index (κ1) is 33.1. The predicted octanol–water partition coefficient (Wildman–Crippen LogP) is 6.01. The van der Waals surface area contributed by atoms with Crippen LogP contribution in [0.3, 0.4) is 0 Å². The number of aromatic nitrogens is 2. The van der Waals surface area contributed by atoms with Gasteiger partial charge in [-0.1, -0.05) is 80.6 Å². The number of amides is 2. The van der Waals surface area contributed by atoms with Crippen molar-refractivity contribution < 1.29 is 29.0 Å². The van der Waals surface area contributed by atoms with E-state index in [4.69, 9.17) is 9.47 Å². The number of hydrogen-bond donors (Lipinski definition) is 2. The SMILES string of the molecule is CC(C)CCCOc1ccc(-c2cnc(-c3ccc(C[C@H](NC(=O)OCc4ccccc4)C(=O)N4CC(C(=O)O)C4)cc3)nc2)cc1. The molecule has 0 bridgehead atoms. The van der Waals surface area contributed by atoms with Crippen molar-refractivity contribution in [2.45, 2.75) is 45.8 Å². The van der Waals surface area contributed by atoms with Crippen molar-refractivity contribution in [3.05, 3.63) is 102 Å². The van der Waals surface area contributed by atoms with Gasteiger partial charge in [0.1, 0.15) is 18.4 Å². The second-order valence-electron chi connectivity index (χ2n) is 12.1. The van der Waals surface area contributed by atoms with Crippen LogP contribution in [0, 0.1) is 11.8 Å². The monoisotopic (exact) mass is 636 g/mol. The summed E-state index contributed by atoms with van der Waals surface area (Å²) in [4.78, 5) is 47.8. The second-order valence-corrected chi connectivity index (χ2v) is 12.1. The summed E-state index contributed by atoms with van der Waals surface area (Å²) in [5.41, 5.74) is 4.30. The van der Waals surface area contributed by atoms with Gasteiger partial charge in [0, 0.05) is 43.0 Å². The van der Waals surface area contributed by atoms with Gasteiger partial charge in [-0.2, -0.15) is 0 Å². The molecule has 0 saturated carbocycles. The fourth-order valence-corrected chi connectivity index (χ4v) is 5.22. The number of rotatable bonds is 14. The van der Waals surface area contributed by atoms with Crippen LogP contribution >= 0.6 is 0 Å². The number of carbonyl (C=O) groups is 3. The molecular weight excluding hydrogens is 596 g/mol. The molecule has 0 unspecified atom stereocenters. The standard InChI is InChI=1S/C37H40N4O6/c1-25(2)7-6-18-46-32-16-14-28(15-17-32)30-20-38-34(39-21-30)29-12-10-26(11-13-29)19-33(35(42)41-22-31(23-41)36(43)44)40-37(45)47-24-27-8-4-3-5-9-27/h3-5,8-17,20-21,25,31,33H,6-7,18-19,22-24H2,1-2H3,(H,40,45)(H,43,44)/t33-/m0/s1. The lowest BCUT2D eigenvalue weighted by molar-refractivity contribution is -0.153. The number of likely N-dealkylation sites (tertiary alicyclic amines) is 1. The van der Waals surface area contributed by atoms with Crippen LogP contribution in [0.2, 0.25) is 0 Å². The van der Waals surface area contributed by atoms with Crippen molar-refractivity contribution in [2.24, 2.45) is 11.8 Å². The van der Waals surface area contributed by atoms with Gasteiger partial charge in [0.15, 0.2) is 5.82 Å². The summed E-state index contributed by atoms with van der Waals surface area (Å²) in [5.74, 6) is 0.165. The maximum absolute atomic E-state index is 13.3. The molecule has 0 aliphatic carbocycles. The van der Waals surface area contributed by atoms with E-state index in [1.807, 2.05) is 78.9 Å². The predicted molar refractivity (Wildman–Crippen MR) is 177 cm³/mol. The van der Waals surface area contributed by atoms with E-state index in [0.717, 1.165) is 46.4 Å². The Hall–Kier alpha value is -5.25. The van der Waals surface area contributed by atoms with Crippen LogP contribution in [0.15, 0.2) is 91.3 Å². The molecule has 1 atom stereocenters. The number of carboxylic acid groups (broad SMARTS) is 1. The number of nitrogens with zero attached hydrogens (tertiary/aromatic N) is 3. The maximum atomic E-state index is 13.3. The number of nitrogens with one attached hydrogen (secondary N) is 1. The lowest BCUT2D eigenvalue weighted by atomic mass is 9.97. The van der Waals surface area contributed by atoms with Crippen molar-refractivity contribution in [3.8, 4) is 28.3 Å². The topological polar surface area (TPSA) is 131 Å². The fraction of sp³-hybridized carbons (Fsp3) is 0.324. The minimum Gasteiger partial charge on any atom is -0.494 e. The Morgan fingerprint density at radius 3 is 2.17 bits per heavy atom. The molecule has 0 radical (unpaired) electrons. The molecule has 4 aromatic rings. The van der Waals surface area contributed by atoms with Gasteiger partial charge in [0.05, 0.1) is 12.5 Å². The Labute approximate surface area is 274 Å². The molecule has 10 heteroatoms. The highest BCUT2D eigenvalue weighted by atomic mass is 16.5. The summed E-state index contributed by atoms with van der Waals surface area (Å²) >= 11 is 0. The van der Waals surface area contributed by atoms with E-state index in [1.54, 1.807) is 12.4 Å². The highest BCUT2D eigenvalue weighted by Crippen LogP contribution is 2.24. The first-order valence-corrected chi connectivity index (χ1v) is 15.9. The van der Waals surface area contributed by atoms with Gasteiger partial charge < -0.3 is 24.8 Å². The van der Waals surface area contributed by atoms with E-state index in [2.05, 4.69) is 29.1 Å². The first-order valence-electron chi connectivity index (χ1n) is 15.9. The van der Waals surface area contributed by atoms with E-state index in [9.17, 15) is 19.5 Å². The quantitative estimate of drug-likeness (QED) is 0.161. The number of carboxylic acids is 1. The van der Waals surface area contributed by atoms with Crippen molar-refractivity contribution in [3.63, 3.8) is 0 Å². The van der Waals surface area contributed by atoms with E-state index >= 15 is 0 Å². The van der Waals surface area contributed by atoms with Crippen LogP contribution in [0.25, 0.3) is 22.5 Å². The van der Waals surface area contributed by atoms with Crippen molar-refractivity contribution in [2.75, 3.05) is 19.7 Å². The fourth-order valence-electron chi connectivity index (χ4n) is 5.22. The molecule has 1 aliphatic rings. The molecular formula is C37H40N4O6. The Kier molecular flexibility index (Phi) is 11.2. The lowest BCUT2D eigenvalue weighted by Gasteiger charge is -2.38. The van der Waals surface area contributed by atoms with Gasteiger partial charge in [0.25, 0.3) is 0 Å². The van der Waals surface area contributed by atoms with Gasteiger partial charge in [-0.05, 0) is 47.6 Å². The number of ether oxygens (including phenoxy) is 2. The van der Waals surface area contributed by atoms with Crippen molar-refractivity contribution in [1.82, 2.24) is 20.2 Å². The van der Waals surface area contributed by atoms with E-state index < -0.39 is 24.0 Å². The molecule has 5 rings (SSSR count). The van der Waals surface area contributed by atoms with E-state index in [1.165, 1.54) is 4.90 Å². The zero-order valence-electron chi connectivity index (χ0n) is 26.7. The summed E-state index contributed by atoms with van der Waals surface area (Å²) in [7, 11) is 0. The number of benzene rings is 3. The molecule has 1 aromatic heterocycles. The Bertz CT molecular complexity index is 1620. The maximum Gasteiger partial charge on any atom is 0.408 e. The van der Waals surface area contributed by atoms with Crippen LogP contribution in [0.1, 0.15) is 37.8 Å². The number of aliphatic carboxylic acids is 1. The molecule has 1 fully saturated rings. The molecule has 10 nitrogen and oxygen atoms in total. The molecule has 1 saturated heterocycles. The molecule has 47 heavy (non-hydrogen) atoms. The van der Waals surface area contributed by atoms with Gasteiger partial charge in [-0.3, -0.25) is 9.59 Å². The third kappa shape index (κ3) is 9.38. The minimum absolute atomic E-state index is 0.0597. The normalized spacial score (nSPS) is 13.5. The third-order valence-electron chi connectivity index (χ3n) is 8.03. The summed E-state index contributed by atoms with van der Waals surface area (Å²) in [6, 6.07) is 23.7. The number of alkyl carbamates (subject to hydrolysis) is 1. The van der Waals surface area contributed by atoms with Gasteiger partial charge in [0.2, 0.25) is 5.91 Å². The van der Waals surface area contributed by atoms with Crippen LogP contribution in [0.5, 0.6) is 5.75 Å². The summed E-state index contributed by atoms with van der Waals surface area (Å²) in [5, 5.41) is 11.9. The molecule has 0 spiro atoms. The molecule has 244 valence electrons. The summed E-state index contributed by atoms with van der Waals surface area (Å²) < 4.78 is 11.2. The van der Waals surface area contributed by atoms with Gasteiger partial charge in [-0.25, -0.2) is 14.8 Å². The zero-order chi connectivity index (χ0) is 33.2. The first-order chi connectivity index (χ1) is 22.7. The lowest BCUT2D eigenvalue weighted by Crippen LogP contribution is -2.59. The number of carbonyl (C=O) groups excluding carboxylic acids is 2. The third-order valence-corrected chi connectivity index (χ3v) is 8.03. The second kappa shape index (κ2) is 15.8. The smallest absolute Gasteiger partial charge is 0.408 e. The largest absolute Gasteiger partial charge is 0.494 e. The Morgan fingerprint density at radius 2 is 1.53 bits per heavy atom. The van der Waals surface area contributed by atoms with Crippen LogP contribution in [-0.2, 0) is 27.4 Å². The Morgan fingerprint density at radius 1 is 0.872 bits per heavy atom. The minimum atomic E-state index is -0.943. The molecule has 1 aliphatic heterocycles. The zero-order valence-corrected chi connectivity index (χ0v) is 26.7. The molecule has 3 aromatic carbocycles. The summed E-state index contributed by atoms with van der Waals surface area (Å²) in [6.45, 7) is 5.39. The average Bonchev–Trinajstić information content (AvgIpc) is 3.06. The van der Waals surface area contributed by atoms with E-state index in [-0.39, 0.29) is 32.0 Å². The Balaban J connectivity index is 1.19. The average molecular weight is 637 g/mol. The highest BCUT2D eigenvalue weighted by molar-refractivity contribution is 5.88. The highest BCUT2D eigenvalue weighted by Gasteiger charge is 2.39. The molecule has 2 amide bonds. The van der Waals surface area contributed by atoms with Gasteiger partial charge in [-0.15, -0.1) is 0 Å². The van der Waals surface area contributed by atoms with Crippen LogP contribution in [-0.4, -0.2) is 63.7 Å². The molecule has 2 heterocycles. The van der Waals surface area contributed by atoms with Crippen molar-refractivity contribution >= 4 is 18.0 Å².